The number of rotatable bonds is 3. The Balaban J connectivity index is 2.12. The van der Waals surface area contributed by atoms with Crippen LogP contribution < -0.4 is 5.32 Å². The van der Waals surface area contributed by atoms with Crippen molar-refractivity contribution in [3.05, 3.63) is 41.2 Å². The smallest absolute Gasteiger partial charge is 0.262 e. The summed E-state index contributed by atoms with van der Waals surface area (Å²) in [5.74, 6) is -0.445. The van der Waals surface area contributed by atoms with Gasteiger partial charge in [0.1, 0.15) is 17.5 Å². The fourth-order valence-electron chi connectivity index (χ4n) is 2.67. The number of nitrogens with zero attached hydrogens (tertiary/aromatic N) is 1. The Morgan fingerprint density at radius 3 is 2.76 bits per heavy atom. The molecule has 1 saturated carbocycles. The quantitative estimate of drug-likeness (QED) is 0.683. The van der Waals surface area contributed by atoms with Gasteiger partial charge in [0, 0.05) is 11.6 Å². The van der Waals surface area contributed by atoms with Crippen molar-refractivity contribution in [1.29, 1.82) is 5.26 Å². The predicted octanol–water partition coefficient (Wildman–Crippen LogP) is 3.43. The fourth-order valence-corrected chi connectivity index (χ4v) is 2.67. The minimum absolute atomic E-state index is 0.0575. The van der Waals surface area contributed by atoms with Crippen molar-refractivity contribution >= 4 is 12.0 Å². The molecular formula is C17H19FN2O. The van der Waals surface area contributed by atoms with E-state index in [1.165, 1.54) is 18.6 Å². The molecule has 110 valence electrons. The normalized spacial score (nSPS) is 22.4. The highest BCUT2D eigenvalue weighted by molar-refractivity contribution is 6.01. The van der Waals surface area contributed by atoms with Gasteiger partial charge in [0.15, 0.2) is 0 Å². The van der Waals surface area contributed by atoms with Crippen LogP contribution in [-0.2, 0) is 4.79 Å². The summed E-state index contributed by atoms with van der Waals surface area (Å²) in [6.45, 7) is 2.11. The third-order valence-corrected chi connectivity index (χ3v) is 4.00. The van der Waals surface area contributed by atoms with Crippen molar-refractivity contribution in [2.24, 2.45) is 5.92 Å². The topological polar surface area (TPSA) is 52.9 Å². The van der Waals surface area contributed by atoms with Gasteiger partial charge in [0.2, 0.25) is 0 Å². The second-order valence-corrected chi connectivity index (χ2v) is 5.53. The minimum Gasteiger partial charge on any atom is -0.348 e. The number of halogens is 1. The van der Waals surface area contributed by atoms with Crippen LogP contribution in [0.15, 0.2) is 29.8 Å². The van der Waals surface area contributed by atoms with E-state index < -0.39 is 11.7 Å². The highest BCUT2D eigenvalue weighted by Gasteiger charge is 2.24. The Bertz CT molecular complexity index is 589. The summed E-state index contributed by atoms with van der Waals surface area (Å²) in [4.78, 5) is 12.2. The van der Waals surface area contributed by atoms with Gasteiger partial charge in [-0.2, -0.15) is 5.26 Å². The lowest BCUT2D eigenvalue weighted by molar-refractivity contribution is -0.118. The molecule has 0 heterocycles. The van der Waals surface area contributed by atoms with Crippen LogP contribution in [0, 0.1) is 23.1 Å². The molecule has 0 aromatic heterocycles. The Morgan fingerprint density at radius 2 is 2.10 bits per heavy atom. The van der Waals surface area contributed by atoms with Crippen LogP contribution in [0.1, 0.15) is 38.2 Å². The first-order valence-electron chi connectivity index (χ1n) is 7.29. The van der Waals surface area contributed by atoms with Gasteiger partial charge in [-0.15, -0.1) is 0 Å². The summed E-state index contributed by atoms with van der Waals surface area (Å²) in [6.07, 6.45) is 5.60. The number of nitriles is 1. The van der Waals surface area contributed by atoms with E-state index in [-0.39, 0.29) is 17.2 Å². The van der Waals surface area contributed by atoms with Crippen LogP contribution >= 0.6 is 0 Å². The Hall–Kier alpha value is -2.15. The number of carbonyl (C=O) groups is 1. The van der Waals surface area contributed by atoms with Gasteiger partial charge < -0.3 is 5.32 Å². The largest absolute Gasteiger partial charge is 0.348 e. The summed E-state index contributed by atoms with van der Waals surface area (Å²) in [5, 5.41) is 12.0. The molecule has 3 nitrogen and oxygen atoms in total. The first-order valence-corrected chi connectivity index (χ1v) is 7.29. The van der Waals surface area contributed by atoms with E-state index in [0.29, 0.717) is 5.92 Å². The maximum Gasteiger partial charge on any atom is 0.262 e. The van der Waals surface area contributed by atoms with Crippen molar-refractivity contribution < 1.29 is 9.18 Å². The minimum atomic E-state index is -0.441. The maximum atomic E-state index is 13.6. The molecule has 2 atom stereocenters. The molecule has 4 heteroatoms. The number of carbonyl (C=O) groups excluding carboxylic acids is 1. The van der Waals surface area contributed by atoms with Crippen LogP contribution in [0.25, 0.3) is 6.08 Å². The van der Waals surface area contributed by atoms with Crippen LogP contribution in [0.3, 0.4) is 0 Å². The third-order valence-electron chi connectivity index (χ3n) is 4.00. The molecule has 0 aliphatic heterocycles. The molecule has 0 bridgehead atoms. The predicted molar refractivity (Wildman–Crippen MR) is 79.6 cm³/mol. The summed E-state index contributed by atoms with van der Waals surface area (Å²) >= 11 is 0. The average Bonchev–Trinajstić information content (AvgIpc) is 2.48. The summed E-state index contributed by atoms with van der Waals surface area (Å²) in [7, 11) is 0. The standard InChI is InChI=1S/C17H19FN2O/c1-12-6-2-5-9-16(12)20-17(21)14(11-19)10-13-7-3-4-8-15(13)18/h3-4,7-8,10,12,16H,2,5-6,9H2,1H3,(H,20,21)/b14-10+/t12-,16+/m1/s1. The zero-order valence-corrected chi connectivity index (χ0v) is 12.1. The van der Waals surface area contributed by atoms with Crippen molar-refractivity contribution in [1.82, 2.24) is 5.32 Å². The van der Waals surface area contributed by atoms with E-state index in [1.54, 1.807) is 18.2 Å². The molecule has 0 saturated heterocycles. The van der Waals surface area contributed by atoms with Crippen molar-refractivity contribution in [3.63, 3.8) is 0 Å². The molecule has 1 fully saturated rings. The first-order chi connectivity index (χ1) is 10.1. The number of amides is 1. The molecule has 0 spiro atoms. The molecule has 1 aromatic carbocycles. The number of hydrogen-bond acceptors (Lipinski definition) is 2. The van der Waals surface area contributed by atoms with E-state index >= 15 is 0 Å². The van der Waals surface area contributed by atoms with Gasteiger partial charge in [-0.3, -0.25) is 4.79 Å². The molecule has 1 aromatic rings. The first kappa shape index (κ1) is 15.2. The van der Waals surface area contributed by atoms with Gasteiger partial charge in [-0.1, -0.05) is 38.0 Å². The molecule has 0 radical (unpaired) electrons. The monoisotopic (exact) mass is 286 g/mol. The summed E-state index contributed by atoms with van der Waals surface area (Å²) < 4.78 is 13.6. The van der Waals surface area contributed by atoms with Gasteiger partial charge in [-0.05, 0) is 30.9 Å². The Labute approximate surface area is 124 Å². The zero-order chi connectivity index (χ0) is 15.2. The van der Waals surface area contributed by atoms with Crippen molar-refractivity contribution in [2.45, 2.75) is 38.6 Å². The van der Waals surface area contributed by atoms with Crippen LogP contribution in [0.2, 0.25) is 0 Å². The molecule has 0 unspecified atom stereocenters. The van der Waals surface area contributed by atoms with Gasteiger partial charge in [0.25, 0.3) is 5.91 Å². The second-order valence-electron chi connectivity index (χ2n) is 5.53. The van der Waals surface area contributed by atoms with Crippen molar-refractivity contribution in [2.75, 3.05) is 0 Å². The molecule has 2 rings (SSSR count). The van der Waals surface area contributed by atoms with E-state index in [0.717, 1.165) is 19.3 Å². The lowest BCUT2D eigenvalue weighted by atomic mass is 9.86. The van der Waals surface area contributed by atoms with Gasteiger partial charge >= 0.3 is 0 Å². The molecule has 1 aliphatic carbocycles. The molecule has 1 aliphatic rings. The zero-order valence-electron chi connectivity index (χ0n) is 12.1. The van der Waals surface area contributed by atoms with E-state index in [9.17, 15) is 9.18 Å². The van der Waals surface area contributed by atoms with E-state index in [2.05, 4.69) is 12.2 Å². The average molecular weight is 286 g/mol. The Kier molecular flexibility index (Phi) is 5.10. The third kappa shape index (κ3) is 3.91. The molecule has 1 amide bonds. The van der Waals surface area contributed by atoms with Crippen LogP contribution in [-0.4, -0.2) is 11.9 Å². The van der Waals surface area contributed by atoms with E-state index in [1.807, 2.05) is 6.07 Å². The second kappa shape index (κ2) is 7.03. The van der Waals surface area contributed by atoms with Crippen LogP contribution in [0.5, 0.6) is 0 Å². The highest BCUT2D eigenvalue weighted by atomic mass is 19.1. The summed E-state index contributed by atoms with van der Waals surface area (Å²) in [5.41, 5.74) is 0.193. The lowest BCUT2D eigenvalue weighted by Gasteiger charge is -2.29. The Morgan fingerprint density at radius 1 is 1.38 bits per heavy atom. The van der Waals surface area contributed by atoms with Gasteiger partial charge in [0.05, 0.1) is 0 Å². The number of nitrogens with one attached hydrogen (secondary N) is 1. The molecule has 21 heavy (non-hydrogen) atoms. The van der Waals surface area contributed by atoms with Crippen molar-refractivity contribution in [3.8, 4) is 6.07 Å². The SMILES string of the molecule is C[C@@H]1CCCC[C@@H]1NC(=O)/C(C#N)=C/c1ccccc1F. The van der Waals surface area contributed by atoms with Gasteiger partial charge in [-0.25, -0.2) is 4.39 Å². The molecular weight excluding hydrogens is 267 g/mol. The number of hydrogen-bond donors (Lipinski definition) is 1. The fraction of sp³-hybridized carbons (Fsp3) is 0.412. The number of benzene rings is 1. The maximum absolute atomic E-state index is 13.6. The highest BCUT2D eigenvalue weighted by Crippen LogP contribution is 2.24. The lowest BCUT2D eigenvalue weighted by Crippen LogP contribution is -2.41. The summed E-state index contributed by atoms with van der Waals surface area (Å²) in [6, 6.07) is 8.06. The molecule has 1 N–H and O–H groups in total. The van der Waals surface area contributed by atoms with Crippen LogP contribution in [0.4, 0.5) is 4.39 Å². The van der Waals surface area contributed by atoms with E-state index in [4.69, 9.17) is 5.26 Å².